The van der Waals surface area contributed by atoms with E-state index in [2.05, 4.69) is 45.5 Å². The zero-order valence-electron chi connectivity index (χ0n) is 19.0. The van der Waals surface area contributed by atoms with Gasteiger partial charge in [0, 0.05) is 18.2 Å². The molecule has 1 heterocycles. The number of nitrogens with two attached hydrogens (primary N) is 1. The van der Waals surface area contributed by atoms with Gasteiger partial charge < -0.3 is 15.1 Å². The predicted molar refractivity (Wildman–Crippen MR) is 124 cm³/mol. The van der Waals surface area contributed by atoms with Gasteiger partial charge in [-0.2, -0.15) is 0 Å². The van der Waals surface area contributed by atoms with Crippen LogP contribution in [0.3, 0.4) is 0 Å². The molecule has 0 spiro atoms. The van der Waals surface area contributed by atoms with Crippen LogP contribution in [0.5, 0.6) is 0 Å². The summed E-state index contributed by atoms with van der Waals surface area (Å²) in [6.45, 7) is 15.5. The molecule has 0 aliphatic carbocycles. The minimum absolute atomic E-state index is 0.0502. The highest BCUT2D eigenvalue weighted by atomic mass is 16.2. The van der Waals surface area contributed by atoms with Gasteiger partial charge in [0.15, 0.2) is 0 Å². The second-order valence-corrected chi connectivity index (χ2v) is 9.01. The zero-order valence-corrected chi connectivity index (χ0v) is 19.0. The smallest absolute Gasteiger partial charge is 0.246 e. The number of likely N-dealkylation sites (tertiary alicyclic amines) is 1. The Balaban J connectivity index is 2.06. The fraction of sp³-hybridized carbons (Fsp3) is 0.640. The van der Waals surface area contributed by atoms with Crippen LogP contribution in [-0.4, -0.2) is 54.1 Å². The predicted octanol–water partition coefficient (Wildman–Crippen LogP) is 4.58. The van der Waals surface area contributed by atoms with Crippen LogP contribution in [0.4, 0.5) is 5.69 Å². The van der Waals surface area contributed by atoms with Gasteiger partial charge in [-0.05, 0) is 69.2 Å². The first-order valence-electron chi connectivity index (χ1n) is 11.6. The first-order chi connectivity index (χ1) is 13.9. The summed E-state index contributed by atoms with van der Waals surface area (Å²) >= 11 is 0. The van der Waals surface area contributed by atoms with Crippen LogP contribution < -0.4 is 5.73 Å². The molecule has 1 saturated heterocycles. The Morgan fingerprint density at radius 3 is 2.55 bits per heavy atom. The van der Waals surface area contributed by atoms with Crippen LogP contribution in [-0.2, 0) is 17.6 Å². The molecule has 0 atom stereocenters. The molecule has 0 bridgehead atoms. The van der Waals surface area contributed by atoms with Gasteiger partial charge in [-0.1, -0.05) is 32.1 Å². The summed E-state index contributed by atoms with van der Waals surface area (Å²) in [6.07, 6.45) is 9.91. The first-order valence-corrected chi connectivity index (χ1v) is 11.6. The number of amides is 1. The third-order valence-electron chi connectivity index (χ3n) is 6.54. The van der Waals surface area contributed by atoms with E-state index in [1.54, 1.807) is 0 Å². The Bertz CT molecular complexity index is 662. The van der Waals surface area contributed by atoms with E-state index in [-0.39, 0.29) is 11.9 Å². The van der Waals surface area contributed by atoms with Crippen molar-refractivity contribution >= 4 is 11.6 Å². The number of hydrogen-bond donors (Lipinski definition) is 1. The van der Waals surface area contributed by atoms with Crippen molar-refractivity contribution in [3.8, 4) is 0 Å². The third kappa shape index (κ3) is 6.88. The minimum Gasteiger partial charge on any atom is -0.399 e. The van der Waals surface area contributed by atoms with E-state index >= 15 is 0 Å². The molecule has 0 unspecified atom stereocenters. The lowest BCUT2D eigenvalue weighted by atomic mass is 10.00. The molecule has 0 saturated carbocycles. The van der Waals surface area contributed by atoms with E-state index in [0.29, 0.717) is 0 Å². The highest BCUT2D eigenvalue weighted by molar-refractivity contribution is 5.87. The van der Waals surface area contributed by atoms with Crippen molar-refractivity contribution in [3.05, 3.63) is 42.0 Å². The lowest BCUT2D eigenvalue weighted by Gasteiger charge is -2.43. The number of carbonyl (C=O) groups excluding carboxylic acids is 1. The second kappa shape index (κ2) is 11.4. The summed E-state index contributed by atoms with van der Waals surface area (Å²) in [6, 6.07) is 6.83. The maximum absolute atomic E-state index is 12.3. The van der Waals surface area contributed by atoms with Crippen molar-refractivity contribution in [1.82, 2.24) is 4.90 Å². The Hall–Kier alpha value is -1.81. The van der Waals surface area contributed by atoms with E-state index in [1.807, 2.05) is 4.90 Å². The molecule has 2 rings (SSSR count). The van der Waals surface area contributed by atoms with Crippen molar-refractivity contribution in [3.63, 3.8) is 0 Å². The average Bonchev–Trinajstić information content (AvgIpc) is 2.72. The van der Waals surface area contributed by atoms with Gasteiger partial charge in [0.25, 0.3) is 0 Å². The van der Waals surface area contributed by atoms with Crippen LogP contribution in [0.15, 0.2) is 30.9 Å². The molecule has 2 N–H and O–H groups in total. The fourth-order valence-electron chi connectivity index (χ4n) is 4.57. The Labute approximate surface area is 178 Å². The number of carbonyl (C=O) groups is 1. The van der Waals surface area contributed by atoms with Gasteiger partial charge in [-0.15, -0.1) is 0 Å². The van der Waals surface area contributed by atoms with Gasteiger partial charge in [0.1, 0.15) is 0 Å². The van der Waals surface area contributed by atoms with E-state index in [9.17, 15) is 4.79 Å². The number of nitrogen functional groups attached to an aromatic ring is 1. The molecule has 1 amide bonds. The topological polar surface area (TPSA) is 46.3 Å². The number of aryl methyl sites for hydroxylation is 1. The molecule has 0 radical (unpaired) electrons. The summed E-state index contributed by atoms with van der Waals surface area (Å²) < 4.78 is 1.13. The van der Waals surface area contributed by atoms with Crippen molar-refractivity contribution in [2.24, 2.45) is 0 Å². The highest BCUT2D eigenvalue weighted by Crippen LogP contribution is 2.22. The van der Waals surface area contributed by atoms with Gasteiger partial charge in [-0.25, -0.2) is 0 Å². The number of nitrogens with zero attached hydrogens (tertiary/aromatic N) is 2. The summed E-state index contributed by atoms with van der Waals surface area (Å²) in [5, 5.41) is 0. The number of rotatable bonds is 11. The number of anilines is 1. The summed E-state index contributed by atoms with van der Waals surface area (Å²) in [5.74, 6) is 0.0502. The molecule has 1 aromatic rings. The number of quaternary nitrogens is 1. The summed E-state index contributed by atoms with van der Waals surface area (Å²) in [7, 11) is 0. The number of hydrogen-bond acceptors (Lipinski definition) is 2. The molecule has 29 heavy (non-hydrogen) atoms. The van der Waals surface area contributed by atoms with Crippen molar-refractivity contribution in [2.75, 3.05) is 38.5 Å². The van der Waals surface area contributed by atoms with Crippen molar-refractivity contribution < 1.29 is 9.28 Å². The lowest BCUT2D eigenvalue weighted by molar-refractivity contribution is -0.931. The molecule has 1 aliphatic heterocycles. The Kier molecular flexibility index (Phi) is 9.22. The molecular formula is C25H42N3O+. The monoisotopic (exact) mass is 400 g/mol. The van der Waals surface area contributed by atoms with E-state index in [0.717, 1.165) is 42.6 Å². The molecule has 1 fully saturated rings. The molecule has 1 aliphatic rings. The normalized spacial score (nSPS) is 16.0. The molecule has 162 valence electrons. The third-order valence-corrected chi connectivity index (χ3v) is 6.54. The lowest BCUT2D eigenvalue weighted by Crippen LogP contribution is -2.56. The summed E-state index contributed by atoms with van der Waals surface area (Å²) in [4.78, 5) is 14.2. The molecule has 4 nitrogen and oxygen atoms in total. The summed E-state index contributed by atoms with van der Waals surface area (Å²) in [5.41, 5.74) is 9.83. The van der Waals surface area contributed by atoms with E-state index < -0.39 is 0 Å². The van der Waals surface area contributed by atoms with Crippen LogP contribution in [0.25, 0.3) is 0 Å². The molecule has 0 aromatic heterocycles. The van der Waals surface area contributed by atoms with Crippen LogP contribution in [0.1, 0.15) is 64.0 Å². The minimum atomic E-state index is 0.0502. The first kappa shape index (κ1) is 23.5. The maximum Gasteiger partial charge on any atom is 0.246 e. The molecule has 1 aromatic carbocycles. The maximum atomic E-state index is 12.3. The van der Waals surface area contributed by atoms with Crippen LogP contribution in [0, 0.1) is 0 Å². The quantitative estimate of drug-likeness (QED) is 0.336. The number of benzene rings is 1. The number of unbranched alkanes of at least 4 members (excludes halogenated alkanes) is 1. The van der Waals surface area contributed by atoms with Gasteiger partial charge in [0.05, 0.1) is 32.7 Å². The van der Waals surface area contributed by atoms with Gasteiger partial charge in [0.2, 0.25) is 5.91 Å². The highest BCUT2D eigenvalue weighted by Gasteiger charge is 2.31. The van der Waals surface area contributed by atoms with E-state index in [1.165, 1.54) is 62.4 Å². The standard InChI is InChI=1S/C25H42N3O/c1-5-7-11-23-20-22(12-13-24(23)26)14-18-28(16-9-8-10-17-28)19-15-27(21(3)4)25(29)6-2/h6,12-13,20-21H,2,5,7-11,14-19,26H2,1,3-4H3/q+1. The molecule has 4 heteroatoms. The molecular weight excluding hydrogens is 358 g/mol. The van der Waals surface area contributed by atoms with Crippen LogP contribution in [0.2, 0.25) is 0 Å². The van der Waals surface area contributed by atoms with E-state index in [4.69, 9.17) is 5.73 Å². The van der Waals surface area contributed by atoms with Crippen molar-refractivity contribution in [2.45, 2.75) is 71.8 Å². The second-order valence-electron chi connectivity index (χ2n) is 9.01. The van der Waals surface area contributed by atoms with Crippen molar-refractivity contribution in [1.29, 1.82) is 0 Å². The fourth-order valence-corrected chi connectivity index (χ4v) is 4.57. The Morgan fingerprint density at radius 1 is 1.21 bits per heavy atom. The van der Waals surface area contributed by atoms with Crippen LogP contribution >= 0.6 is 0 Å². The van der Waals surface area contributed by atoms with Gasteiger partial charge >= 0.3 is 0 Å². The average molecular weight is 401 g/mol. The SMILES string of the molecule is C=CC(=O)N(CC[N+]1(CCc2ccc(N)c(CCCC)c2)CCCCC1)C(C)C. The Morgan fingerprint density at radius 2 is 1.93 bits per heavy atom. The zero-order chi connectivity index (χ0) is 21.3. The van der Waals surface area contributed by atoms with Gasteiger partial charge in [-0.3, -0.25) is 4.79 Å². The largest absolute Gasteiger partial charge is 0.399 e. The number of piperidine rings is 1.